The van der Waals surface area contributed by atoms with E-state index in [4.69, 9.17) is 5.11 Å². The van der Waals surface area contributed by atoms with Crippen LogP contribution in [0.25, 0.3) is 0 Å². The maximum Gasteiger partial charge on any atom is 0.305 e. The molecule has 0 bridgehead atoms. The Balaban J connectivity index is 2.16. The van der Waals surface area contributed by atoms with Gasteiger partial charge >= 0.3 is 5.97 Å². The van der Waals surface area contributed by atoms with E-state index in [-0.39, 0.29) is 17.4 Å². The second kappa shape index (κ2) is 7.12. The molecule has 0 saturated carbocycles. The zero-order valence-corrected chi connectivity index (χ0v) is 15.6. The predicted molar refractivity (Wildman–Crippen MR) is 89.5 cm³/mol. The Morgan fingerprint density at radius 1 is 1.40 bits per heavy atom. The van der Waals surface area contributed by atoms with Crippen molar-refractivity contribution < 1.29 is 23.1 Å². The summed E-state index contributed by atoms with van der Waals surface area (Å²) in [6.45, 7) is 5.15. The van der Waals surface area contributed by atoms with E-state index in [9.17, 15) is 18.0 Å². The maximum absolute atomic E-state index is 12.6. The molecule has 0 aromatic carbocycles. The lowest BCUT2D eigenvalue weighted by Crippen LogP contribution is -2.49. The molecule has 1 fully saturated rings. The van der Waals surface area contributed by atoms with E-state index in [1.54, 1.807) is 20.9 Å². The summed E-state index contributed by atoms with van der Waals surface area (Å²) in [7, 11) is -2.26. The highest BCUT2D eigenvalue weighted by Crippen LogP contribution is 2.22. The molecule has 1 aromatic heterocycles. The second-order valence-electron chi connectivity index (χ2n) is 6.39. The van der Waals surface area contributed by atoms with E-state index in [2.05, 4.69) is 9.82 Å². The molecule has 25 heavy (non-hydrogen) atoms. The van der Waals surface area contributed by atoms with Gasteiger partial charge in [-0.1, -0.05) is 0 Å². The topological polar surface area (TPSA) is 122 Å². The van der Waals surface area contributed by atoms with Gasteiger partial charge in [0.25, 0.3) is 0 Å². The van der Waals surface area contributed by atoms with Gasteiger partial charge in [0, 0.05) is 19.6 Å². The number of amides is 1. The van der Waals surface area contributed by atoms with E-state index in [1.807, 2.05) is 0 Å². The molecule has 0 spiro atoms. The van der Waals surface area contributed by atoms with Crippen LogP contribution in [0.2, 0.25) is 0 Å². The molecule has 2 rings (SSSR count). The average Bonchev–Trinajstić information content (AvgIpc) is 3.02. The summed E-state index contributed by atoms with van der Waals surface area (Å²) >= 11 is 0. The van der Waals surface area contributed by atoms with Gasteiger partial charge in [0.15, 0.2) is 0 Å². The number of carboxylic acids is 1. The maximum atomic E-state index is 12.6. The van der Waals surface area contributed by atoms with Crippen LogP contribution in [0.4, 0.5) is 0 Å². The third kappa shape index (κ3) is 4.01. The molecule has 2 atom stereocenters. The number of carboxylic acid groups (broad SMARTS) is 1. The van der Waals surface area contributed by atoms with Crippen LogP contribution >= 0.6 is 0 Å². The van der Waals surface area contributed by atoms with Gasteiger partial charge in [0.05, 0.1) is 23.9 Å². The quantitative estimate of drug-likeness (QED) is 0.734. The monoisotopic (exact) mass is 372 g/mol. The van der Waals surface area contributed by atoms with Crippen molar-refractivity contribution in [2.24, 2.45) is 7.05 Å². The number of hydrogen-bond acceptors (Lipinski definition) is 5. The number of aromatic nitrogens is 2. The number of nitrogens with zero attached hydrogens (tertiary/aromatic N) is 3. The standard InChI is InChI=1S/C15H24N4O5S/c1-9-14(11(3)18(4)16-9)25(23,24)17-10(2)15(22)19-7-5-6-12(19)8-13(20)21/h10,12,17H,5-8H2,1-4H3,(H,20,21). The van der Waals surface area contributed by atoms with Crippen molar-refractivity contribution in [3.8, 4) is 0 Å². The van der Waals surface area contributed by atoms with Gasteiger partial charge in [-0.2, -0.15) is 9.82 Å². The Morgan fingerprint density at radius 3 is 2.56 bits per heavy atom. The molecule has 2 N–H and O–H groups in total. The molecule has 0 radical (unpaired) electrons. The molecule has 2 unspecified atom stereocenters. The number of carbonyl (C=O) groups is 2. The van der Waals surface area contributed by atoms with Gasteiger partial charge in [0.2, 0.25) is 15.9 Å². The average molecular weight is 372 g/mol. The minimum absolute atomic E-state index is 0.0677. The summed E-state index contributed by atoms with van der Waals surface area (Å²) in [6.07, 6.45) is 1.19. The van der Waals surface area contributed by atoms with Crippen molar-refractivity contribution in [1.29, 1.82) is 0 Å². The van der Waals surface area contributed by atoms with Crippen LogP contribution in [0.3, 0.4) is 0 Å². The van der Waals surface area contributed by atoms with Crippen LogP contribution in [0.1, 0.15) is 37.6 Å². The van der Waals surface area contributed by atoms with Crippen molar-refractivity contribution in [3.63, 3.8) is 0 Å². The lowest BCUT2D eigenvalue weighted by molar-refractivity contribution is -0.140. The van der Waals surface area contributed by atoms with Crippen molar-refractivity contribution in [3.05, 3.63) is 11.4 Å². The molecule has 1 aliphatic rings. The minimum Gasteiger partial charge on any atom is -0.481 e. The number of sulfonamides is 1. The van der Waals surface area contributed by atoms with Crippen LogP contribution in [0.5, 0.6) is 0 Å². The Morgan fingerprint density at radius 2 is 2.04 bits per heavy atom. The third-order valence-electron chi connectivity index (χ3n) is 4.48. The number of hydrogen-bond donors (Lipinski definition) is 2. The van der Waals surface area contributed by atoms with E-state index < -0.39 is 27.9 Å². The Kier molecular flexibility index (Phi) is 5.52. The van der Waals surface area contributed by atoms with Crippen molar-refractivity contribution in [2.45, 2.75) is 57.0 Å². The number of likely N-dealkylation sites (tertiary alicyclic amines) is 1. The van der Waals surface area contributed by atoms with Crippen LogP contribution in [-0.2, 0) is 26.7 Å². The van der Waals surface area contributed by atoms with E-state index in [0.29, 0.717) is 30.8 Å². The molecular weight excluding hydrogens is 348 g/mol. The summed E-state index contributed by atoms with van der Waals surface area (Å²) in [5, 5.41) is 13.0. The largest absolute Gasteiger partial charge is 0.481 e. The first-order chi connectivity index (χ1) is 11.5. The molecule has 10 heteroatoms. The van der Waals surface area contributed by atoms with Crippen LogP contribution in [-0.4, -0.2) is 58.7 Å². The summed E-state index contributed by atoms with van der Waals surface area (Å²) in [6, 6.07) is -1.38. The van der Waals surface area contributed by atoms with Gasteiger partial charge in [0.1, 0.15) is 4.90 Å². The fourth-order valence-corrected chi connectivity index (χ4v) is 4.91. The molecule has 9 nitrogen and oxygen atoms in total. The van der Waals surface area contributed by atoms with Crippen molar-refractivity contribution in [1.82, 2.24) is 19.4 Å². The number of aliphatic carboxylic acids is 1. The molecule has 1 saturated heterocycles. The summed E-state index contributed by atoms with van der Waals surface area (Å²) in [5.41, 5.74) is 0.839. The first kappa shape index (κ1) is 19.4. The third-order valence-corrected chi connectivity index (χ3v) is 6.28. The summed E-state index contributed by atoms with van der Waals surface area (Å²) in [5.74, 6) is -1.38. The Labute approximate surface area is 147 Å². The van der Waals surface area contributed by atoms with Gasteiger partial charge < -0.3 is 10.0 Å². The van der Waals surface area contributed by atoms with Crippen LogP contribution < -0.4 is 4.72 Å². The normalized spacial score (nSPS) is 19.2. The zero-order valence-electron chi connectivity index (χ0n) is 14.8. The number of nitrogens with one attached hydrogen (secondary N) is 1. The molecule has 1 aromatic rings. The lowest BCUT2D eigenvalue weighted by Gasteiger charge is -2.27. The highest BCUT2D eigenvalue weighted by Gasteiger charge is 2.35. The highest BCUT2D eigenvalue weighted by molar-refractivity contribution is 7.89. The van der Waals surface area contributed by atoms with E-state index >= 15 is 0 Å². The molecule has 140 valence electrons. The van der Waals surface area contributed by atoms with Gasteiger partial charge in [-0.25, -0.2) is 8.42 Å². The predicted octanol–water partition coefficient (Wildman–Crippen LogP) is 0.169. The summed E-state index contributed by atoms with van der Waals surface area (Å²) < 4.78 is 29.2. The molecular formula is C15H24N4O5S. The molecule has 1 aliphatic heterocycles. The molecule has 2 heterocycles. The number of rotatable bonds is 6. The lowest BCUT2D eigenvalue weighted by atomic mass is 10.1. The number of carbonyl (C=O) groups excluding carboxylic acids is 1. The SMILES string of the molecule is Cc1nn(C)c(C)c1S(=O)(=O)NC(C)C(=O)N1CCCC1CC(=O)O. The van der Waals surface area contributed by atoms with Crippen LogP contribution in [0.15, 0.2) is 4.90 Å². The van der Waals surface area contributed by atoms with E-state index in [0.717, 1.165) is 0 Å². The van der Waals surface area contributed by atoms with Gasteiger partial charge in [-0.15, -0.1) is 0 Å². The van der Waals surface area contributed by atoms with Gasteiger partial charge in [-0.05, 0) is 33.6 Å². The molecule has 1 amide bonds. The molecule has 0 aliphatic carbocycles. The van der Waals surface area contributed by atoms with Crippen molar-refractivity contribution >= 4 is 21.9 Å². The minimum atomic E-state index is -3.91. The first-order valence-corrected chi connectivity index (χ1v) is 9.57. The fourth-order valence-electron chi connectivity index (χ4n) is 3.27. The van der Waals surface area contributed by atoms with Gasteiger partial charge in [-0.3, -0.25) is 14.3 Å². The smallest absolute Gasteiger partial charge is 0.305 e. The second-order valence-corrected chi connectivity index (χ2v) is 8.04. The highest BCUT2D eigenvalue weighted by atomic mass is 32.2. The van der Waals surface area contributed by atoms with Crippen molar-refractivity contribution in [2.75, 3.05) is 6.54 Å². The Hall–Kier alpha value is -1.94. The zero-order chi connectivity index (χ0) is 18.9. The Bertz CT molecular complexity index is 786. The van der Waals surface area contributed by atoms with E-state index in [1.165, 1.54) is 16.5 Å². The van der Waals surface area contributed by atoms with Crippen LogP contribution in [0, 0.1) is 13.8 Å². The summed E-state index contributed by atoms with van der Waals surface area (Å²) in [4.78, 5) is 25.1. The number of aryl methyl sites for hydroxylation is 2. The first-order valence-electron chi connectivity index (χ1n) is 8.09. The fraction of sp³-hybridized carbons (Fsp3) is 0.667.